The van der Waals surface area contributed by atoms with Crippen molar-refractivity contribution in [2.45, 2.75) is 24.3 Å². The van der Waals surface area contributed by atoms with Crippen LogP contribution in [0.4, 0.5) is 0 Å². The highest BCUT2D eigenvalue weighted by Gasteiger charge is 2.15. The summed E-state index contributed by atoms with van der Waals surface area (Å²) >= 11 is 4.86. The van der Waals surface area contributed by atoms with Crippen molar-refractivity contribution < 1.29 is 8.42 Å². The number of nitrogens with two attached hydrogens (primary N) is 1. The Labute approximate surface area is 122 Å². The van der Waals surface area contributed by atoms with E-state index in [2.05, 4.69) is 15.9 Å². The van der Waals surface area contributed by atoms with Gasteiger partial charge in [0.25, 0.3) is 0 Å². The van der Waals surface area contributed by atoms with Gasteiger partial charge in [0.1, 0.15) is 0 Å². The predicted molar refractivity (Wildman–Crippen MR) is 81.8 cm³/mol. The average Bonchev–Trinajstić information content (AvgIpc) is 2.24. The molecule has 6 heteroatoms. The second-order valence-corrected chi connectivity index (χ2v) is 8.94. The Morgan fingerprint density at radius 3 is 2.33 bits per heavy atom. The van der Waals surface area contributed by atoms with Gasteiger partial charge in [-0.2, -0.15) is 11.8 Å². The maximum atomic E-state index is 12.0. The highest BCUT2D eigenvalue weighted by molar-refractivity contribution is 9.10. The molecule has 2 N–H and O–H groups in total. The average molecular weight is 352 g/mol. The van der Waals surface area contributed by atoms with Crippen molar-refractivity contribution in [1.29, 1.82) is 0 Å². The van der Waals surface area contributed by atoms with Gasteiger partial charge in [-0.1, -0.05) is 15.9 Å². The van der Waals surface area contributed by atoms with E-state index in [9.17, 15) is 8.42 Å². The quantitative estimate of drug-likeness (QED) is 0.800. The smallest absolute Gasteiger partial charge is 0.179 e. The molecule has 1 aromatic carbocycles. The Bertz CT molecular complexity index is 478. The second kappa shape index (κ2) is 6.41. The van der Waals surface area contributed by atoms with Crippen molar-refractivity contribution in [3.63, 3.8) is 0 Å². The third-order valence-corrected chi connectivity index (χ3v) is 6.10. The molecule has 0 aliphatic rings. The van der Waals surface area contributed by atoms with Crippen molar-refractivity contribution >= 4 is 37.5 Å². The predicted octanol–water partition coefficient (Wildman–Crippen LogP) is 2.69. The number of benzene rings is 1. The largest absolute Gasteiger partial charge is 0.325 e. The van der Waals surface area contributed by atoms with Crippen LogP contribution in [0.1, 0.15) is 13.8 Å². The third kappa shape index (κ3) is 5.73. The van der Waals surface area contributed by atoms with E-state index < -0.39 is 9.84 Å². The van der Waals surface area contributed by atoms with Gasteiger partial charge in [-0.05, 0) is 38.1 Å². The first-order valence-corrected chi connectivity index (χ1v) is 9.16. The maximum Gasteiger partial charge on any atom is 0.179 e. The highest BCUT2D eigenvalue weighted by Crippen LogP contribution is 2.17. The fourth-order valence-corrected chi connectivity index (χ4v) is 4.33. The summed E-state index contributed by atoms with van der Waals surface area (Å²) in [5, 5.41) is 0. The molecule has 0 unspecified atom stereocenters. The molecule has 102 valence electrons. The molecular weight excluding hydrogens is 334 g/mol. The van der Waals surface area contributed by atoms with Crippen LogP contribution in [-0.2, 0) is 9.84 Å². The van der Waals surface area contributed by atoms with E-state index in [1.54, 1.807) is 36.0 Å². The Morgan fingerprint density at radius 1 is 1.28 bits per heavy atom. The number of hydrogen-bond donors (Lipinski definition) is 1. The molecule has 18 heavy (non-hydrogen) atoms. The van der Waals surface area contributed by atoms with Gasteiger partial charge in [0.15, 0.2) is 9.84 Å². The van der Waals surface area contributed by atoms with E-state index in [0.29, 0.717) is 10.6 Å². The molecule has 0 aliphatic carbocycles. The summed E-state index contributed by atoms with van der Waals surface area (Å²) in [7, 11) is -3.18. The SMILES string of the molecule is CC(C)(N)CSCCS(=O)(=O)c1ccc(Br)cc1. The lowest BCUT2D eigenvalue weighted by atomic mass is 10.1. The Hall–Kier alpha value is -0.0400. The van der Waals surface area contributed by atoms with Crippen molar-refractivity contribution in [3.05, 3.63) is 28.7 Å². The van der Waals surface area contributed by atoms with Crippen molar-refractivity contribution in [1.82, 2.24) is 0 Å². The minimum absolute atomic E-state index is 0.148. The Kier molecular flexibility index (Phi) is 5.70. The van der Waals surface area contributed by atoms with Crippen LogP contribution in [0.2, 0.25) is 0 Å². The van der Waals surface area contributed by atoms with E-state index in [4.69, 9.17) is 5.73 Å². The molecule has 1 rings (SSSR count). The van der Waals surface area contributed by atoms with Crippen LogP contribution in [0.3, 0.4) is 0 Å². The zero-order valence-corrected chi connectivity index (χ0v) is 13.7. The third-order valence-electron chi connectivity index (χ3n) is 2.14. The monoisotopic (exact) mass is 351 g/mol. The molecule has 0 aliphatic heterocycles. The van der Waals surface area contributed by atoms with Gasteiger partial charge in [0.05, 0.1) is 10.6 Å². The molecule has 0 spiro atoms. The first kappa shape index (κ1) is 16.0. The molecule has 0 heterocycles. The summed E-state index contributed by atoms with van der Waals surface area (Å²) < 4.78 is 24.9. The molecule has 0 saturated heterocycles. The van der Waals surface area contributed by atoms with Gasteiger partial charge in [0, 0.05) is 21.5 Å². The van der Waals surface area contributed by atoms with Crippen molar-refractivity contribution in [2.24, 2.45) is 5.73 Å². The highest BCUT2D eigenvalue weighted by atomic mass is 79.9. The van der Waals surface area contributed by atoms with Crippen LogP contribution in [-0.4, -0.2) is 31.2 Å². The van der Waals surface area contributed by atoms with Crippen LogP contribution in [0.15, 0.2) is 33.6 Å². The first-order valence-electron chi connectivity index (χ1n) is 5.56. The summed E-state index contributed by atoms with van der Waals surface area (Å²) in [5.41, 5.74) is 5.58. The molecule has 0 aromatic heterocycles. The lowest BCUT2D eigenvalue weighted by Gasteiger charge is -2.17. The Balaban J connectivity index is 2.53. The minimum atomic E-state index is -3.18. The fourth-order valence-electron chi connectivity index (χ4n) is 1.26. The number of sulfone groups is 1. The molecule has 3 nitrogen and oxygen atoms in total. The van der Waals surface area contributed by atoms with E-state index in [1.165, 1.54) is 0 Å². The second-order valence-electron chi connectivity index (χ2n) is 4.81. The van der Waals surface area contributed by atoms with Gasteiger partial charge in [-0.15, -0.1) is 0 Å². The van der Waals surface area contributed by atoms with Gasteiger partial charge in [-0.25, -0.2) is 8.42 Å². The zero-order chi connectivity index (χ0) is 13.8. The van der Waals surface area contributed by atoms with Crippen molar-refractivity contribution in [3.8, 4) is 0 Å². The molecule has 0 atom stereocenters. The first-order chi connectivity index (χ1) is 8.21. The molecule has 1 aromatic rings. The minimum Gasteiger partial charge on any atom is -0.325 e. The molecular formula is C12H18BrNO2S2. The summed E-state index contributed by atoms with van der Waals surface area (Å²) in [6, 6.07) is 6.72. The van der Waals surface area contributed by atoms with Crippen LogP contribution in [0, 0.1) is 0 Å². The fraction of sp³-hybridized carbons (Fsp3) is 0.500. The summed E-state index contributed by atoms with van der Waals surface area (Å²) in [4.78, 5) is 0.373. The van der Waals surface area contributed by atoms with E-state index in [-0.39, 0.29) is 11.3 Å². The summed E-state index contributed by atoms with van der Waals surface area (Å²) in [5.74, 6) is 1.47. The molecule has 0 amide bonds. The van der Waals surface area contributed by atoms with Gasteiger partial charge in [0.2, 0.25) is 0 Å². The number of thioether (sulfide) groups is 1. The lowest BCUT2D eigenvalue weighted by Crippen LogP contribution is -2.35. The molecule has 0 radical (unpaired) electrons. The summed E-state index contributed by atoms with van der Waals surface area (Å²) in [6.45, 7) is 3.87. The number of rotatable bonds is 6. The van der Waals surface area contributed by atoms with Crippen LogP contribution in [0.5, 0.6) is 0 Å². The number of halogens is 1. The maximum absolute atomic E-state index is 12.0. The molecule has 0 bridgehead atoms. The van der Waals surface area contributed by atoms with Crippen molar-refractivity contribution in [2.75, 3.05) is 17.3 Å². The standard InChI is InChI=1S/C12H18BrNO2S2/c1-12(2,14)9-17-7-8-18(15,16)11-5-3-10(13)4-6-11/h3-6H,7-9,14H2,1-2H3. The van der Waals surface area contributed by atoms with E-state index >= 15 is 0 Å². The van der Waals surface area contributed by atoms with Gasteiger partial charge < -0.3 is 5.73 Å². The van der Waals surface area contributed by atoms with Crippen LogP contribution >= 0.6 is 27.7 Å². The number of hydrogen-bond acceptors (Lipinski definition) is 4. The van der Waals surface area contributed by atoms with Crippen LogP contribution < -0.4 is 5.73 Å². The van der Waals surface area contributed by atoms with E-state index in [1.807, 2.05) is 13.8 Å². The normalized spacial score (nSPS) is 12.7. The van der Waals surface area contributed by atoms with Crippen LogP contribution in [0.25, 0.3) is 0 Å². The van der Waals surface area contributed by atoms with E-state index in [0.717, 1.165) is 10.2 Å². The zero-order valence-electron chi connectivity index (χ0n) is 10.5. The summed E-state index contributed by atoms with van der Waals surface area (Å²) in [6.07, 6.45) is 0. The molecule has 0 fully saturated rings. The van der Waals surface area contributed by atoms with Gasteiger partial charge >= 0.3 is 0 Å². The topological polar surface area (TPSA) is 60.2 Å². The lowest BCUT2D eigenvalue weighted by molar-refractivity contribution is 0.590. The van der Waals surface area contributed by atoms with Gasteiger partial charge in [-0.3, -0.25) is 0 Å². The molecule has 0 saturated carbocycles. The Morgan fingerprint density at radius 2 is 1.83 bits per heavy atom.